The molecule has 1 unspecified atom stereocenters. The predicted molar refractivity (Wildman–Crippen MR) is 74.5 cm³/mol. The predicted octanol–water partition coefficient (Wildman–Crippen LogP) is 2.68. The molecule has 1 heterocycles. The third kappa shape index (κ3) is 4.63. The maximum Gasteiger partial charge on any atom is 0.228 e. The first-order chi connectivity index (χ1) is 8.33. The second-order valence-corrected chi connectivity index (χ2v) is 5.95. The van der Waals surface area contributed by atoms with E-state index in [1.807, 2.05) is 0 Å². The van der Waals surface area contributed by atoms with Gasteiger partial charge in [-0.15, -0.1) is 0 Å². The van der Waals surface area contributed by atoms with Gasteiger partial charge in [0.05, 0.1) is 22.8 Å². The van der Waals surface area contributed by atoms with Gasteiger partial charge in [0.15, 0.2) is 0 Å². The van der Waals surface area contributed by atoms with E-state index in [2.05, 4.69) is 31.1 Å². The highest BCUT2D eigenvalue weighted by Crippen LogP contribution is 2.26. The molecule has 0 saturated carbocycles. The van der Waals surface area contributed by atoms with Crippen LogP contribution in [0.15, 0.2) is 18.5 Å². The van der Waals surface area contributed by atoms with Crippen molar-refractivity contribution in [3.05, 3.63) is 23.5 Å². The monoisotopic (exact) mass is 269 g/mol. The van der Waals surface area contributed by atoms with Crippen molar-refractivity contribution in [3.63, 3.8) is 0 Å². The fourth-order valence-electron chi connectivity index (χ4n) is 1.73. The number of hydrogen-bond donors (Lipinski definition) is 2. The first-order valence-corrected chi connectivity index (χ1v) is 6.32. The van der Waals surface area contributed by atoms with E-state index in [4.69, 9.17) is 17.3 Å². The maximum atomic E-state index is 12.1. The lowest BCUT2D eigenvalue weighted by Gasteiger charge is -2.24. The zero-order chi connectivity index (χ0) is 13.8. The number of nitrogens with zero attached hydrogens (tertiary/aromatic N) is 1. The number of anilines is 1. The van der Waals surface area contributed by atoms with E-state index >= 15 is 0 Å². The Hall–Kier alpha value is -1.13. The topological polar surface area (TPSA) is 68.0 Å². The number of rotatable bonds is 4. The van der Waals surface area contributed by atoms with Crippen molar-refractivity contribution in [1.29, 1.82) is 0 Å². The summed E-state index contributed by atoms with van der Waals surface area (Å²) >= 11 is 5.96. The highest BCUT2D eigenvalue weighted by Gasteiger charge is 2.24. The molecule has 0 saturated heterocycles. The molecule has 1 atom stereocenters. The van der Waals surface area contributed by atoms with Gasteiger partial charge in [-0.05, 0) is 17.9 Å². The minimum Gasteiger partial charge on any atom is -0.330 e. The molecule has 1 aromatic rings. The number of nitrogens with one attached hydrogen (secondary N) is 1. The molecule has 0 aliphatic heterocycles. The Balaban J connectivity index is 2.72. The summed E-state index contributed by atoms with van der Waals surface area (Å²) in [4.78, 5) is 16.0. The Morgan fingerprint density at radius 2 is 2.22 bits per heavy atom. The van der Waals surface area contributed by atoms with Crippen molar-refractivity contribution in [2.75, 3.05) is 11.9 Å². The van der Waals surface area contributed by atoms with Crippen LogP contribution in [0.4, 0.5) is 5.69 Å². The Labute approximate surface area is 113 Å². The number of aromatic nitrogens is 1. The van der Waals surface area contributed by atoms with Gasteiger partial charge in [-0.3, -0.25) is 9.78 Å². The third-order valence-corrected chi connectivity index (χ3v) is 2.87. The second-order valence-electron chi connectivity index (χ2n) is 5.54. The van der Waals surface area contributed by atoms with Crippen LogP contribution in [0.5, 0.6) is 0 Å². The lowest BCUT2D eigenvalue weighted by Crippen LogP contribution is -2.32. The Morgan fingerprint density at radius 3 is 2.72 bits per heavy atom. The van der Waals surface area contributed by atoms with Crippen LogP contribution in [-0.4, -0.2) is 17.4 Å². The Morgan fingerprint density at radius 1 is 1.56 bits per heavy atom. The van der Waals surface area contributed by atoms with Crippen LogP contribution in [0, 0.1) is 11.3 Å². The van der Waals surface area contributed by atoms with Gasteiger partial charge >= 0.3 is 0 Å². The van der Waals surface area contributed by atoms with Crippen LogP contribution >= 0.6 is 11.6 Å². The molecule has 0 aromatic carbocycles. The standard InChI is InChI=1S/C13H20ClN3O/c1-13(2,3)6-9(7-15)12(18)17-11-8-16-5-4-10(11)14/h4-5,8-9H,6-7,15H2,1-3H3,(H,17,18). The smallest absolute Gasteiger partial charge is 0.228 e. The summed E-state index contributed by atoms with van der Waals surface area (Å²) in [6.07, 6.45) is 3.84. The summed E-state index contributed by atoms with van der Waals surface area (Å²) in [5.41, 5.74) is 6.24. The number of amides is 1. The zero-order valence-electron chi connectivity index (χ0n) is 11.0. The van der Waals surface area contributed by atoms with E-state index in [0.29, 0.717) is 17.3 Å². The van der Waals surface area contributed by atoms with Crippen LogP contribution in [-0.2, 0) is 4.79 Å². The minimum absolute atomic E-state index is 0.0557. The first-order valence-electron chi connectivity index (χ1n) is 5.94. The number of carbonyl (C=O) groups excluding carboxylic acids is 1. The lowest BCUT2D eigenvalue weighted by atomic mass is 9.84. The van der Waals surface area contributed by atoms with Crippen LogP contribution < -0.4 is 11.1 Å². The molecule has 1 amide bonds. The molecule has 0 spiro atoms. The van der Waals surface area contributed by atoms with Gasteiger partial charge in [-0.25, -0.2) is 0 Å². The van der Waals surface area contributed by atoms with E-state index in [9.17, 15) is 4.79 Å². The van der Waals surface area contributed by atoms with Gasteiger partial charge in [-0.2, -0.15) is 0 Å². The van der Waals surface area contributed by atoms with Crippen molar-refractivity contribution in [1.82, 2.24) is 4.98 Å². The summed E-state index contributed by atoms with van der Waals surface area (Å²) in [7, 11) is 0. The molecule has 0 aliphatic rings. The fraction of sp³-hybridized carbons (Fsp3) is 0.538. The molecule has 3 N–H and O–H groups in total. The number of pyridine rings is 1. The summed E-state index contributed by atoms with van der Waals surface area (Å²) < 4.78 is 0. The normalized spacial score (nSPS) is 13.2. The minimum atomic E-state index is -0.221. The average molecular weight is 270 g/mol. The van der Waals surface area contributed by atoms with E-state index in [1.54, 1.807) is 12.3 Å². The van der Waals surface area contributed by atoms with Crippen LogP contribution in [0.25, 0.3) is 0 Å². The van der Waals surface area contributed by atoms with Crippen molar-refractivity contribution in [2.24, 2.45) is 17.1 Å². The van der Waals surface area contributed by atoms with Gasteiger partial charge in [0.1, 0.15) is 0 Å². The molecule has 4 nitrogen and oxygen atoms in total. The fourth-order valence-corrected chi connectivity index (χ4v) is 1.88. The molecule has 1 aromatic heterocycles. The van der Waals surface area contributed by atoms with Gasteiger partial charge in [0.25, 0.3) is 0 Å². The molecule has 100 valence electrons. The van der Waals surface area contributed by atoms with E-state index in [-0.39, 0.29) is 17.2 Å². The highest BCUT2D eigenvalue weighted by atomic mass is 35.5. The van der Waals surface area contributed by atoms with Gasteiger partial charge in [0.2, 0.25) is 5.91 Å². The van der Waals surface area contributed by atoms with Crippen molar-refractivity contribution in [2.45, 2.75) is 27.2 Å². The van der Waals surface area contributed by atoms with Crippen molar-refractivity contribution in [3.8, 4) is 0 Å². The largest absolute Gasteiger partial charge is 0.330 e. The quantitative estimate of drug-likeness (QED) is 0.883. The number of hydrogen-bond acceptors (Lipinski definition) is 3. The van der Waals surface area contributed by atoms with Crippen molar-refractivity contribution >= 4 is 23.2 Å². The highest BCUT2D eigenvalue weighted by molar-refractivity contribution is 6.33. The summed E-state index contributed by atoms with van der Waals surface area (Å²) in [5.74, 6) is -0.330. The van der Waals surface area contributed by atoms with Crippen molar-refractivity contribution < 1.29 is 4.79 Å². The molecule has 0 aliphatic carbocycles. The van der Waals surface area contributed by atoms with Crippen LogP contribution in [0.2, 0.25) is 5.02 Å². The molecule has 1 rings (SSSR count). The van der Waals surface area contributed by atoms with Crippen LogP contribution in [0.3, 0.4) is 0 Å². The Bertz CT molecular complexity index is 415. The molecular weight excluding hydrogens is 250 g/mol. The summed E-state index contributed by atoms with van der Waals surface area (Å²) in [6.45, 7) is 6.57. The second kappa shape index (κ2) is 6.16. The summed E-state index contributed by atoms with van der Waals surface area (Å²) in [6, 6.07) is 1.64. The van der Waals surface area contributed by atoms with Crippen LogP contribution in [0.1, 0.15) is 27.2 Å². The Kier molecular flexibility index (Phi) is 5.11. The lowest BCUT2D eigenvalue weighted by molar-refractivity contribution is -0.120. The maximum absolute atomic E-state index is 12.1. The molecule has 18 heavy (non-hydrogen) atoms. The molecule has 0 fully saturated rings. The first kappa shape index (κ1) is 14.9. The molecular formula is C13H20ClN3O. The molecule has 0 bridgehead atoms. The van der Waals surface area contributed by atoms with E-state index in [0.717, 1.165) is 6.42 Å². The molecule has 5 heteroatoms. The van der Waals surface area contributed by atoms with E-state index in [1.165, 1.54) is 6.20 Å². The van der Waals surface area contributed by atoms with Gasteiger partial charge in [0, 0.05) is 12.7 Å². The SMILES string of the molecule is CC(C)(C)CC(CN)C(=O)Nc1cnccc1Cl. The van der Waals surface area contributed by atoms with Gasteiger partial charge < -0.3 is 11.1 Å². The third-order valence-electron chi connectivity index (χ3n) is 2.54. The van der Waals surface area contributed by atoms with E-state index < -0.39 is 0 Å². The number of halogens is 1. The van der Waals surface area contributed by atoms with Gasteiger partial charge in [-0.1, -0.05) is 32.4 Å². The number of carbonyl (C=O) groups is 1. The summed E-state index contributed by atoms with van der Waals surface area (Å²) in [5, 5.41) is 3.25. The average Bonchev–Trinajstić information content (AvgIpc) is 2.27. The number of nitrogens with two attached hydrogens (primary N) is 1. The molecule has 0 radical (unpaired) electrons. The zero-order valence-corrected chi connectivity index (χ0v) is 11.8.